The van der Waals surface area contributed by atoms with E-state index in [0.29, 0.717) is 54.6 Å². The van der Waals surface area contributed by atoms with Crippen molar-refractivity contribution in [1.29, 1.82) is 0 Å². The fourth-order valence-corrected chi connectivity index (χ4v) is 4.54. The smallest absolute Gasteiger partial charge is 0.416 e. The van der Waals surface area contributed by atoms with Crippen molar-refractivity contribution in [2.75, 3.05) is 55.8 Å². The number of likely N-dealkylation sites (N-methyl/N-ethyl adjacent to an activating group) is 1. The van der Waals surface area contributed by atoms with Gasteiger partial charge in [0.2, 0.25) is 0 Å². The Balaban J connectivity index is 1.41. The number of amides is 3. The molecule has 12 heteroatoms. The van der Waals surface area contributed by atoms with Gasteiger partial charge in [0.1, 0.15) is 17.1 Å². The predicted octanol–water partition coefficient (Wildman–Crippen LogP) is 3.09. The first kappa shape index (κ1) is 23.9. The van der Waals surface area contributed by atoms with Gasteiger partial charge in [-0.25, -0.2) is 9.18 Å². The van der Waals surface area contributed by atoms with Gasteiger partial charge >= 0.3 is 6.09 Å². The van der Waals surface area contributed by atoms with Gasteiger partial charge in [-0.05, 0) is 38.3 Å². The van der Waals surface area contributed by atoms with Crippen LogP contribution >= 0.6 is 11.8 Å². The topological polar surface area (TPSA) is 99.4 Å². The van der Waals surface area contributed by atoms with Crippen LogP contribution in [-0.4, -0.2) is 84.5 Å². The predicted molar refractivity (Wildman–Crippen MR) is 125 cm³/mol. The lowest BCUT2D eigenvalue weighted by atomic mass is 10.1. The first-order chi connectivity index (χ1) is 16.2. The van der Waals surface area contributed by atoms with Crippen molar-refractivity contribution in [1.82, 2.24) is 15.0 Å². The van der Waals surface area contributed by atoms with Crippen LogP contribution < -0.4 is 9.80 Å². The van der Waals surface area contributed by atoms with Gasteiger partial charge in [-0.15, -0.1) is 0 Å². The van der Waals surface area contributed by atoms with Gasteiger partial charge in [0.05, 0.1) is 23.6 Å². The Hall–Kier alpha value is -3.28. The third kappa shape index (κ3) is 4.41. The molecule has 182 valence electrons. The van der Waals surface area contributed by atoms with E-state index in [-0.39, 0.29) is 17.7 Å². The zero-order valence-corrected chi connectivity index (χ0v) is 20.2. The van der Waals surface area contributed by atoms with E-state index in [1.165, 1.54) is 15.9 Å². The van der Waals surface area contributed by atoms with Gasteiger partial charge in [0.15, 0.2) is 6.23 Å². The number of hydrogen-bond acceptors (Lipinski definition) is 8. The number of ether oxygens (including phenoxy) is 1. The highest BCUT2D eigenvalue weighted by Crippen LogP contribution is 2.29. The van der Waals surface area contributed by atoms with Gasteiger partial charge < -0.3 is 19.1 Å². The molecule has 4 rings (SSSR count). The summed E-state index contributed by atoms with van der Waals surface area (Å²) in [6, 6.07) is 4.56. The molecule has 0 aliphatic carbocycles. The normalized spacial score (nSPS) is 18.3. The lowest BCUT2D eigenvalue weighted by Gasteiger charge is -2.36. The average Bonchev–Trinajstić information content (AvgIpc) is 3.39. The molecule has 2 saturated heterocycles. The zero-order chi connectivity index (χ0) is 24.6. The Bertz CT molecular complexity index is 1100. The number of piperazine rings is 1. The zero-order valence-electron chi connectivity index (χ0n) is 19.4. The number of benzene rings is 1. The monoisotopic (exact) mass is 491 g/mol. The summed E-state index contributed by atoms with van der Waals surface area (Å²) in [5.41, 5.74) is 1.78. The minimum atomic E-state index is -0.737. The number of nitrogens with zero attached hydrogens (tertiary/aromatic N) is 5. The number of rotatable bonds is 4. The Kier molecular flexibility index (Phi) is 6.69. The third-order valence-corrected chi connectivity index (χ3v) is 6.73. The highest BCUT2D eigenvalue weighted by molar-refractivity contribution is 8.12. The van der Waals surface area contributed by atoms with E-state index in [2.05, 4.69) is 5.16 Å². The van der Waals surface area contributed by atoms with Gasteiger partial charge in [0.25, 0.3) is 11.1 Å². The number of aryl methyl sites for hydroxylation is 2. The summed E-state index contributed by atoms with van der Waals surface area (Å²) in [7, 11) is 1.56. The number of hydrogen-bond donors (Lipinski definition) is 0. The fourth-order valence-electron chi connectivity index (χ4n) is 4.14. The first-order valence-electron chi connectivity index (χ1n) is 10.8. The molecule has 2 aliphatic rings. The van der Waals surface area contributed by atoms with E-state index in [1.54, 1.807) is 44.2 Å². The fraction of sp³-hybridized carbons (Fsp3) is 0.455. The molecule has 34 heavy (non-hydrogen) atoms. The van der Waals surface area contributed by atoms with Gasteiger partial charge in [-0.1, -0.05) is 16.9 Å². The van der Waals surface area contributed by atoms with E-state index < -0.39 is 18.1 Å². The van der Waals surface area contributed by atoms with Crippen molar-refractivity contribution in [2.24, 2.45) is 0 Å². The summed E-state index contributed by atoms with van der Waals surface area (Å²) < 4.78 is 25.4. The van der Waals surface area contributed by atoms with E-state index in [4.69, 9.17) is 9.26 Å². The molecule has 0 N–H and O–H groups in total. The number of aromatic nitrogens is 1. The summed E-state index contributed by atoms with van der Waals surface area (Å²) >= 11 is 1.02. The SMILES string of the molecule is CSC(=O)N(C)C1CN(c2ccc(N3CCN(C(=O)c4c(C)noc4C)CC3)c(F)c2)C(=O)O1. The van der Waals surface area contributed by atoms with Crippen LogP contribution in [0, 0.1) is 19.7 Å². The van der Waals surface area contributed by atoms with Gasteiger partial charge in [-0.2, -0.15) is 0 Å². The van der Waals surface area contributed by atoms with Crippen molar-refractivity contribution in [3.8, 4) is 0 Å². The second kappa shape index (κ2) is 9.53. The largest absolute Gasteiger partial charge is 0.423 e. The second-order valence-electron chi connectivity index (χ2n) is 8.14. The number of thioether (sulfide) groups is 1. The van der Waals surface area contributed by atoms with Crippen LogP contribution in [0.3, 0.4) is 0 Å². The standard InChI is InChI=1S/C22H26FN5O5S/c1-13-19(14(2)33-24-13)20(29)27-9-7-26(8-10-27)17-6-5-15(11-16(17)23)28-12-18(32-21(28)30)25(3)22(31)34-4/h5-6,11,18H,7-10,12H2,1-4H3. The number of carbonyl (C=O) groups excluding carboxylic acids is 3. The summed E-state index contributed by atoms with van der Waals surface area (Å²) in [5, 5.41) is 3.61. The summed E-state index contributed by atoms with van der Waals surface area (Å²) in [6.07, 6.45) is 0.274. The Morgan fingerprint density at radius 1 is 1.21 bits per heavy atom. The molecule has 3 amide bonds. The summed E-state index contributed by atoms with van der Waals surface area (Å²) in [4.78, 5) is 43.2. The molecule has 3 heterocycles. The second-order valence-corrected chi connectivity index (χ2v) is 8.90. The Morgan fingerprint density at radius 3 is 2.50 bits per heavy atom. The molecule has 1 aromatic heterocycles. The molecule has 0 spiro atoms. The van der Waals surface area contributed by atoms with Crippen molar-refractivity contribution >= 4 is 40.4 Å². The minimum Gasteiger partial charge on any atom is -0.423 e. The van der Waals surface area contributed by atoms with E-state index in [1.807, 2.05) is 4.90 Å². The number of cyclic esters (lactones) is 1. The lowest BCUT2D eigenvalue weighted by molar-refractivity contribution is 0.0668. The van der Waals surface area contributed by atoms with Crippen molar-refractivity contribution in [3.05, 3.63) is 41.0 Å². The first-order valence-corrected chi connectivity index (χ1v) is 12.0. The van der Waals surface area contributed by atoms with Crippen LogP contribution in [0.1, 0.15) is 21.8 Å². The van der Waals surface area contributed by atoms with Gasteiger partial charge in [0, 0.05) is 33.2 Å². The molecular weight excluding hydrogens is 465 g/mol. The highest BCUT2D eigenvalue weighted by atomic mass is 32.2. The molecule has 2 fully saturated rings. The highest BCUT2D eigenvalue weighted by Gasteiger charge is 2.37. The average molecular weight is 492 g/mol. The Morgan fingerprint density at radius 2 is 1.91 bits per heavy atom. The van der Waals surface area contributed by atoms with Crippen molar-refractivity contribution in [3.63, 3.8) is 0 Å². The lowest BCUT2D eigenvalue weighted by Crippen LogP contribution is -2.49. The molecule has 0 bridgehead atoms. The van der Waals surface area contributed by atoms with E-state index in [9.17, 15) is 14.4 Å². The van der Waals surface area contributed by atoms with E-state index in [0.717, 1.165) is 11.8 Å². The maximum Gasteiger partial charge on any atom is 0.416 e. The molecule has 10 nitrogen and oxygen atoms in total. The Labute approximate surface area is 200 Å². The van der Waals surface area contributed by atoms with Crippen molar-refractivity contribution < 1.29 is 28.0 Å². The maximum absolute atomic E-state index is 15.0. The molecule has 2 aliphatic heterocycles. The summed E-state index contributed by atoms with van der Waals surface area (Å²) in [6.45, 7) is 5.33. The summed E-state index contributed by atoms with van der Waals surface area (Å²) in [5.74, 6) is -0.134. The molecular formula is C22H26FN5O5S. The molecule has 2 aromatic rings. The van der Waals surface area contributed by atoms with Crippen molar-refractivity contribution in [2.45, 2.75) is 20.1 Å². The number of anilines is 2. The maximum atomic E-state index is 15.0. The molecule has 1 unspecified atom stereocenters. The number of carbonyl (C=O) groups is 3. The van der Waals surface area contributed by atoms with Crippen LogP contribution in [0.2, 0.25) is 0 Å². The third-order valence-electron chi connectivity index (χ3n) is 6.09. The quantitative estimate of drug-likeness (QED) is 0.644. The van der Waals surface area contributed by atoms with Crippen LogP contribution in [0.25, 0.3) is 0 Å². The van der Waals surface area contributed by atoms with Crippen LogP contribution in [-0.2, 0) is 4.74 Å². The molecule has 0 saturated carbocycles. The van der Waals surface area contributed by atoms with Crippen LogP contribution in [0.15, 0.2) is 22.7 Å². The van der Waals surface area contributed by atoms with Crippen LogP contribution in [0.4, 0.5) is 25.4 Å². The molecule has 1 aromatic carbocycles. The van der Waals surface area contributed by atoms with E-state index >= 15 is 4.39 Å². The molecule has 1 atom stereocenters. The molecule has 0 radical (unpaired) electrons. The van der Waals surface area contributed by atoms with Crippen LogP contribution in [0.5, 0.6) is 0 Å². The van der Waals surface area contributed by atoms with Gasteiger partial charge in [-0.3, -0.25) is 19.4 Å². The number of halogens is 1. The minimum absolute atomic E-state index is 0.114.